The first-order valence-electron chi connectivity index (χ1n) is 8.08. The quantitative estimate of drug-likeness (QED) is 0.819. The summed E-state index contributed by atoms with van der Waals surface area (Å²) < 4.78 is 0. The molecule has 0 bridgehead atoms. The fourth-order valence-electron chi connectivity index (χ4n) is 4.19. The number of hydrogen-bond acceptors (Lipinski definition) is 2. The molecule has 0 aromatic rings. The normalized spacial score (nSPS) is 28.4. The molecule has 0 aliphatic heterocycles. The molecule has 118 valence electrons. The minimum absolute atomic E-state index is 0. The molecule has 0 spiro atoms. The highest BCUT2D eigenvalue weighted by Gasteiger charge is 2.42. The van der Waals surface area contributed by atoms with Crippen LogP contribution in [0.25, 0.3) is 0 Å². The maximum atomic E-state index is 12.8. The van der Waals surface area contributed by atoms with Gasteiger partial charge in [0, 0.05) is 11.5 Å². The summed E-state index contributed by atoms with van der Waals surface area (Å²) in [5.41, 5.74) is 5.74. The molecule has 2 aliphatic carbocycles. The van der Waals surface area contributed by atoms with Crippen LogP contribution in [-0.2, 0) is 4.79 Å². The van der Waals surface area contributed by atoms with Crippen molar-refractivity contribution in [1.82, 2.24) is 5.32 Å². The second kappa shape index (κ2) is 7.65. The third-order valence-corrected chi connectivity index (χ3v) is 5.12. The first-order valence-corrected chi connectivity index (χ1v) is 8.08. The van der Waals surface area contributed by atoms with E-state index < -0.39 is 0 Å². The monoisotopic (exact) mass is 302 g/mol. The Morgan fingerprint density at radius 3 is 2.45 bits per heavy atom. The number of carbonyl (C=O) groups is 1. The van der Waals surface area contributed by atoms with Crippen molar-refractivity contribution in [1.29, 1.82) is 0 Å². The predicted octanol–water partition coefficient (Wildman–Crippen LogP) is 3.26. The van der Waals surface area contributed by atoms with Gasteiger partial charge in [-0.05, 0) is 50.5 Å². The molecular formula is C16H31ClN2O. The topological polar surface area (TPSA) is 55.1 Å². The SMILES string of the molecule is CC(C)CC1(C(=O)NC2CCCC2CN)CCCC1.Cl. The molecule has 0 radical (unpaired) electrons. The van der Waals surface area contributed by atoms with Gasteiger partial charge < -0.3 is 11.1 Å². The van der Waals surface area contributed by atoms with Crippen molar-refractivity contribution in [3.05, 3.63) is 0 Å². The third-order valence-electron chi connectivity index (χ3n) is 5.12. The number of carbonyl (C=O) groups excluding carboxylic acids is 1. The van der Waals surface area contributed by atoms with E-state index in [1.165, 1.54) is 25.7 Å². The van der Waals surface area contributed by atoms with E-state index in [0.717, 1.165) is 25.7 Å². The van der Waals surface area contributed by atoms with Crippen molar-refractivity contribution < 1.29 is 4.79 Å². The van der Waals surface area contributed by atoms with Crippen LogP contribution < -0.4 is 11.1 Å². The zero-order chi connectivity index (χ0) is 13.9. The molecule has 4 heteroatoms. The van der Waals surface area contributed by atoms with Gasteiger partial charge >= 0.3 is 0 Å². The molecule has 2 aliphatic rings. The second-order valence-corrected chi connectivity index (χ2v) is 7.09. The molecule has 1 amide bonds. The first kappa shape index (κ1) is 17.8. The smallest absolute Gasteiger partial charge is 0.226 e. The van der Waals surface area contributed by atoms with Gasteiger partial charge in [0.1, 0.15) is 0 Å². The summed E-state index contributed by atoms with van der Waals surface area (Å²) >= 11 is 0. The van der Waals surface area contributed by atoms with Crippen molar-refractivity contribution in [2.45, 2.75) is 71.3 Å². The molecule has 2 unspecified atom stereocenters. The van der Waals surface area contributed by atoms with Crippen molar-refractivity contribution >= 4 is 18.3 Å². The summed E-state index contributed by atoms with van der Waals surface area (Å²) in [5, 5.41) is 3.35. The molecule has 2 atom stereocenters. The number of halogens is 1. The fourth-order valence-corrected chi connectivity index (χ4v) is 4.19. The summed E-state index contributed by atoms with van der Waals surface area (Å²) in [6, 6.07) is 0.335. The highest BCUT2D eigenvalue weighted by molar-refractivity contribution is 5.85. The molecule has 20 heavy (non-hydrogen) atoms. The summed E-state index contributed by atoms with van der Waals surface area (Å²) in [6.45, 7) is 5.17. The Labute approximate surface area is 129 Å². The Hall–Kier alpha value is -0.280. The van der Waals surface area contributed by atoms with Crippen LogP contribution in [0.2, 0.25) is 0 Å². The molecule has 0 aromatic carbocycles. The van der Waals surface area contributed by atoms with E-state index in [1.807, 2.05) is 0 Å². The summed E-state index contributed by atoms with van der Waals surface area (Å²) in [6.07, 6.45) is 9.14. The number of nitrogens with one attached hydrogen (secondary N) is 1. The Bertz CT molecular complexity index is 314. The number of nitrogens with two attached hydrogens (primary N) is 1. The zero-order valence-electron chi connectivity index (χ0n) is 13.0. The van der Waals surface area contributed by atoms with Gasteiger partial charge in [0.2, 0.25) is 5.91 Å². The van der Waals surface area contributed by atoms with E-state index in [1.54, 1.807) is 0 Å². The van der Waals surface area contributed by atoms with Gasteiger partial charge in [-0.2, -0.15) is 0 Å². The fraction of sp³-hybridized carbons (Fsp3) is 0.938. The molecule has 2 rings (SSSR count). The van der Waals surface area contributed by atoms with Crippen LogP contribution >= 0.6 is 12.4 Å². The molecule has 0 saturated heterocycles. The van der Waals surface area contributed by atoms with Crippen molar-refractivity contribution in [2.24, 2.45) is 23.0 Å². The average molecular weight is 303 g/mol. The minimum atomic E-state index is -0.0735. The molecule has 0 heterocycles. The zero-order valence-corrected chi connectivity index (χ0v) is 13.8. The van der Waals surface area contributed by atoms with E-state index in [-0.39, 0.29) is 17.8 Å². The Morgan fingerprint density at radius 1 is 1.25 bits per heavy atom. The highest BCUT2D eigenvalue weighted by atomic mass is 35.5. The van der Waals surface area contributed by atoms with Gasteiger partial charge in [-0.15, -0.1) is 12.4 Å². The van der Waals surface area contributed by atoms with Gasteiger partial charge in [0.05, 0.1) is 0 Å². The highest BCUT2D eigenvalue weighted by Crippen LogP contribution is 2.43. The molecule has 3 nitrogen and oxygen atoms in total. The van der Waals surface area contributed by atoms with E-state index in [9.17, 15) is 4.79 Å². The van der Waals surface area contributed by atoms with Gasteiger partial charge in [-0.1, -0.05) is 33.1 Å². The molecule has 0 aromatic heterocycles. The van der Waals surface area contributed by atoms with Crippen LogP contribution in [0, 0.1) is 17.3 Å². The van der Waals surface area contributed by atoms with E-state index in [2.05, 4.69) is 19.2 Å². The maximum absolute atomic E-state index is 12.8. The van der Waals surface area contributed by atoms with Crippen molar-refractivity contribution in [3.63, 3.8) is 0 Å². The van der Waals surface area contributed by atoms with Gasteiger partial charge in [0.15, 0.2) is 0 Å². The van der Waals surface area contributed by atoms with Gasteiger partial charge in [-0.25, -0.2) is 0 Å². The van der Waals surface area contributed by atoms with Crippen LogP contribution in [0.4, 0.5) is 0 Å². The maximum Gasteiger partial charge on any atom is 0.226 e. The summed E-state index contributed by atoms with van der Waals surface area (Å²) in [5.74, 6) is 1.42. The second-order valence-electron chi connectivity index (χ2n) is 7.09. The Kier molecular flexibility index (Phi) is 6.80. The van der Waals surface area contributed by atoms with Crippen LogP contribution in [0.1, 0.15) is 65.2 Å². The Balaban J connectivity index is 0.00000200. The van der Waals surface area contributed by atoms with Crippen LogP contribution in [0.3, 0.4) is 0 Å². The van der Waals surface area contributed by atoms with E-state index in [4.69, 9.17) is 5.73 Å². The van der Waals surface area contributed by atoms with Crippen molar-refractivity contribution in [2.75, 3.05) is 6.54 Å². The predicted molar refractivity (Wildman–Crippen MR) is 85.9 cm³/mol. The Morgan fingerprint density at radius 2 is 1.90 bits per heavy atom. The third kappa shape index (κ3) is 3.88. The molecule has 3 N–H and O–H groups in total. The number of rotatable bonds is 5. The lowest BCUT2D eigenvalue weighted by Gasteiger charge is -2.32. The largest absolute Gasteiger partial charge is 0.353 e. The van der Waals surface area contributed by atoms with Crippen molar-refractivity contribution in [3.8, 4) is 0 Å². The number of hydrogen-bond donors (Lipinski definition) is 2. The lowest BCUT2D eigenvalue weighted by atomic mass is 9.77. The molecular weight excluding hydrogens is 272 g/mol. The van der Waals surface area contributed by atoms with Gasteiger partial charge in [0.25, 0.3) is 0 Å². The van der Waals surface area contributed by atoms with Crippen LogP contribution in [0.15, 0.2) is 0 Å². The minimum Gasteiger partial charge on any atom is -0.353 e. The first-order chi connectivity index (χ1) is 9.07. The molecule has 2 saturated carbocycles. The standard InChI is InChI=1S/C16H30N2O.ClH/c1-12(2)10-16(8-3-4-9-16)15(19)18-14-7-5-6-13(14)11-17;/h12-14H,3-11,17H2,1-2H3,(H,18,19);1H. The van der Waals surface area contributed by atoms with Crippen LogP contribution in [-0.4, -0.2) is 18.5 Å². The van der Waals surface area contributed by atoms with E-state index >= 15 is 0 Å². The molecule has 2 fully saturated rings. The van der Waals surface area contributed by atoms with E-state index in [0.29, 0.717) is 30.3 Å². The summed E-state index contributed by atoms with van der Waals surface area (Å²) in [7, 11) is 0. The van der Waals surface area contributed by atoms with Gasteiger partial charge in [-0.3, -0.25) is 4.79 Å². The van der Waals surface area contributed by atoms with Crippen LogP contribution in [0.5, 0.6) is 0 Å². The number of amides is 1. The summed E-state index contributed by atoms with van der Waals surface area (Å²) in [4.78, 5) is 12.8. The lowest BCUT2D eigenvalue weighted by Crippen LogP contribution is -2.47. The lowest BCUT2D eigenvalue weighted by molar-refractivity contribution is -0.132. The average Bonchev–Trinajstić information content (AvgIpc) is 2.98.